The van der Waals surface area contributed by atoms with Crippen LogP contribution in [0.5, 0.6) is 5.75 Å². The van der Waals surface area contributed by atoms with E-state index in [1.165, 1.54) is 54.6 Å². The van der Waals surface area contributed by atoms with Crippen LogP contribution in [0.15, 0.2) is 71.6 Å². The zero-order chi connectivity index (χ0) is 21.0. The first-order chi connectivity index (χ1) is 13.7. The normalized spacial score (nSPS) is 11.1. The van der Waals surface area contributed by atoms with E-state index in [4.69, 9.17) is 33.0 Å². The Kier molecular flexibility index (Phi) is 6.32. The predicted octanol–water partition coefficient (Wildman–Crippen LogP) is 5.07. The van der Waals surface area contributed by atoms with E-state index in [1.807, 2.05) is 0 Å². The topological polar surface area (TPSA) is 92.7 Å². The summed E-state index contributed by atoms with van der Waals surface area (Å²) in [5, 5.41) is 9.74. The maximum absolute atomic E-state index is 12.6. The summed E-state index contributed by atoms with van der Waals surface area (Å²) in [6.07, 6.45) is 0. The second kappa shape index (κ2) is 8.73. The van der Waals surface area contributed by atoms with E-state index in [0.29, 0.717) is 15.6 Å². The van der Waals surface area contributed by atoms with Gasteiger partial charge in [-0.1, -0.05) is 35.3 Å². The summed E-state index contributed by atoms with van der Waals surface area (Å²) in [5.74, 6) is -0.788. The van der Waals surface area contributed by atoms with E-state index in [0.717, 1.165) is 0 Å². The van der Waals surface area contributed by atoms with Crippen LogP contribution in [0.1, 0.15) is 15.9 Å². The fraction of sp³-hybridized carbons (Fsp3) is 0.0500. The van der Waals surface area contributed by atoms with Gasteiger partial charge in [-0.25, -0.2) is 13.2 Å². The molecule has 3 aromatic carbocycles. The number of carbonyl (C=O) groups is 1. The van der Waals surface area contributed by atoms with E-state index in [1.54, 1.807) is 12.1 Å². The molecule has 0 atom stereocenters. The van der Waals surface area contributed by atoms with Crippen molar-refractivity contribution in [3.63, 3.8) is 0 Å². The third-order valence-electron chi connectivity index (χ3n) is 3.91. The van der Waals surface area contributed by atoms with Crippen LogP contribution >= 0.6 is 23.2 Å². The zero-order valence-electron chi connectivity index (χ0n) is 14.8. The standard InChI is InChI=1S/C20H15Cl2NO5S/c21-15-5-8-17(9-6-15)29(26,27)23-18-10-7-16(22)11-19(18)28-12-13-1-3-14(4-2-13)20(24)25/h1-11,23H,12H2,(H,24,25). The summed E-state index contributed by atoms with van der Waals surface area (Å²) in [6, 6.07) is 16.4. The molecule has 9 heteroatoms. The number of sulfonamides is 1. The maximum atomic E-state index is 12.6. The SMILES string of the molecule is O=C(O)c1ccc(COc2cc(Cl)ccc2NS(=O)(=O)c2ccc(Cl)cc2)cc1. The minimum atomic E-state index is -3.86. The fourth-order valence-corrected chi connectivity index (χ4v) is 3.78. The van der Waals surface area contributed by atoms with Gasteiger partial charge in [0.1, 0.15) is 12.4 Å². The predicted molar refractivity (Wildman–Crippen MR) is 111 cm³/mol. The number of halogens is 2. The van der Waals surface area contributed by atoms with Gasteiger partial charge in [-0.15, -0.1) is 0 Å². The summed E-state index contributed by atoms with van der Waals surface area (Å²) in [4.78, 5) is 11.0. The molecule has 0 bridgehead atoms. The van der Waals surface area contributed by atoms with Gasteiger partial charge in [0, 0.05) is 16.1 Å². The molecule has 0 fully saturated rings. The van der Waals surface area contributed by atoms with Crippen LogP contribution in [-0.2, 0) is 16.6 Å². The Hall–Kier alpha value is -2.74. The molecule has 0 saturated carbocycles. The van der Waals surface area contributed by atoms with Crippen molar-refractivity contribution in [1.82, 2.24) is 0 Å². The summed E-state index contributed by atoms with van der Waals surface area (Å²) in [5.41, 5.74) is 1.08. The van der Waals surface area contributed by atoms with Gasteiger partial charge in [0.05, 0.1) is 16.1 Å². The van der Waals surface area contributed by atoms with Gasteiger partial charge in [-0.2, -0.15) is 0 Å². The van der Waals surface area contributed by atoms with Crippen LogP contribution in [0.2, 0.25) is 10.0 Å². The molecule has 150 valence electrons. The largest absolute Gasteiger partial charge is 0.487 e. The molecule has 0 unspecified atom stereocenters. The number of benzene rings is 3. The lowest BCUT2D eigenvalue weighted by molar-refractivity contribution is 0.0697. The van der Waals surface area contributed by atoms with Crippen LogP contribution in [0.3, 0.4) is 0 Å². The molecule has 6 nitrogen and oxygen atoms in total. The molecule has 0 aliphatic carbocycles. The molecule has 0 aliphatic heterocycles. The van der Waals surface area contributed by atoms with Gasteiger partial charge in [0.15, 0.2) is 0 Å². The second-order valence-electron chi connectivity index (χ2n) is 5.99. The number of ether oxygens (including phenoxy) is 1. The molecule has 0 saturated heterocycles. The first-order valence-electron chi connectivity index (χ1n) is 8.27. The molecule has 0 heterocycles. The molecule has 2 N–H and O–H groups in total. The van der Waals surface area contributed by atoms with Crippen LogP contribution in [0.4, 0.5) is 5.69 Å². The van der Waals surface area contributed by atoms with Gasteiger partial charge in [0.2, 0.25) is 0 Å². The number of hydrogen-bond donors (Lipinski definition) is 2. The van der Waals surface area contributed by atoms with Crippen molar-refractivity contribution < 1.29 is 23.1 Å². The van der Waals surface area contributed by atoms with Crippen molar-refractivity contribution in [3.8, 4) is 5.75 Å². The highest BCUT2D eigenvalue weighted by Gasteiger charge is 2.17. The number of anilines is 1. The smallest absolute Gasteiger partial charge is 0.335 e. The van der Waals surface area contributed by atoms with Crippen molar-refractivity contribution >= 4 is 44.9 Å². The number of aromatic carboxylic acids is 1. The van der Waals surface area contributed by atoms with Gasteiger partial charge in [-0.05, 0) is 54.1 Å². The van der Waals surface area contributed by atoms with Crippen LogP contribution in [0, 0.1) is 0 Å². The Labute approximate surface area is 177 Å². The fourth-order valence-electron chi connectivity index (χ4n) is 2.42. The number of carboxylic acids is 1. The van der Waals surface area contributed by atoms with Crippen molar-refractivity contribution in [2.24, 2.45) is 0 Å². The van der Waals surface area contributed by atoms with Crippen molar-refractivity contribution in [2.75, 3.05) is 4.72 Å². The van der Waals surface area contributed by atoms with Gasteiger partial charge in [-0.3, -0.25) is 4.72 Å². The van der Waals surface area contributed by atoms with E-state index < -0.39 is 16.0 Å². The maximum Gasteiger partial charge on any atom is 0.335 e. The third kappa shape index (κ3) is 5.41. The van der Waals surface area contributed by atoms with Crippen LogP contribution in [-0.4, -0.2) is 19.5 Å². The Balaban J connectivity index is 1.80. The minimum Gasteiger partial charge on any atom is -0.487 e. The minimum absolute atomic E-state index is 0.0482. The zero-order valence-corrected chi connectivity index (χ0v) is 17.1. The molecular formula is C20H15Cl2NO5S. The second-order valence-corrected chi connectivity index (χ2v) is 8.55. The summed E-state index contributed by atoms with van der Waals surface area (Å²) in [6.45, 7) is 0.0932. The summed E-state index contributed by atoms with van der Waals surface area (Å²) >= 11 is 11.8. The molecule has 0 aromatic heterocycles. The van der Waals surface area contributed by atoms with Crippen LogP contribution in [0.25, 0.3) is 0 Å². The van der Waals surface area contributed by atoms with Crippen molar-refractivity contribution in [3.05, 3.63) is 87.9 Å². The lowest BCUT2D eigenvalue weighted by Gasteiger charge is -2.14. The Morgan fingerprint density at radius 3 is 2.17 bits per heavy atom. The molecule has 3 rings (SSSR count). The number of rotatable bonds is 7. The van der Waals surface area contributed by atoms with E-state index in [-0.39, 0.29) is 28.5 Å². The first kappa shape index (κ1) is 21.0. The molecule has 29 heavy (non-hydrogen) atoms. The highest BCUT2D eigenvalue weighted by molar-refractivity contribution is 7.92. The Morgan fingerprint density at radius 1 is 0.931 bits per heavy atom. The molecule has 0 amide bonds. The Bertz CT molecular complexity index is 1130. The quantitative estimate of drug-likeness (QED) is 0.522. The lowest BCUT2D eigenvalue weighted by atomic mass is 10.1. The average molecular weight is 452 g/mol. The van der Waals surface area contributed by atoms with Crippen LogP contribution < -0.4 is 9.46 Å². The van der Waals surface area contributed by atoms with E-state index in [9.17, 15) is 13.2 Å². The lowest BCUT2D eigenvalue weighted by Crippen LogP contribution is -2.14. The Morgan fingerprint density at radius 2 is 1.55 bits per heavy atom. The number of hydrogen-bond acceptors (Lipinski definition) is 4. The van der Waals surface area contributed by atoms with E-state index >= 15 is 0 Å². The number of carboxylic acid groups (broad SMARTS) is 1. The van der Waals surface area contributed by atoms with Gasteiger partial charge >= 0.3 is 5.97 Å². The molecule has 0 spiro atoms. The number of nitrogens with one attached hydrogen (secondary N) is 1. The van der Waals surface area contributed by atoms with Crippen molar-refractivity contribution in [2.45, 2.75) is 11.5 Å². The first-order valence-corrected chi connectivity index (χ1v) is 10.5. The summed E-state index contributed by atoms with van der Waals surface area (Å²) < 4.78 is 33.5. The van der Waals surface area contributed by atoms with Gasteiger partial charge < -0.3 is 9.84 Å². The molecule has 3 aromatic rings. The molecule has 0 radical (unpaired) electrons. The highest BCUT2D eigenvalue weighted by Crippen LogP contribution is 2.31. The van der Waals surface area contributed by atoms with Crippen molar-refractivity contribution in [1.29, 1.82) is 0 Å². The summed E-state index contributed by atoms with van der Waals surface area (Å²) in [7, 11) is -3.86. The third-order valence-corrected chi connectivity index (χ3v) is 5.78. The highest BCUT2D eigenvalue weighted by atomic mass is 35.5. The van der Waals surface area contributed by atoms with Gasteiger partial charge in [0.25, 0.3) is 10.0 Å². The van der Waals surface area contributed by atoms with E-state index in [2.05, 4.69) is 4.72 Å². The monoisotopic (exact) mass is 451 g/mol. The molecular weight excluding hydrogens is 437 g/mol. The molecule has 0 aliphatic rings. The average Bonchev–Trinajstić information content (AvgIpc) is 2.68.